The van der Waals surface area contributed by atoms with Gasteiger partial charge in [-0.2, -0.15) is 0 Å². The van der Waals surface area contributed by atoms with Gasteiger partial charge in [0.15, 0.2) is 11.5 Å². The van der Waals surface area contributed by atoms with Gasteiger partial charge in [-0.1, -0.05) is 18.2 Å². The lowest BCUT2D eigenvalue weighted by Crippen LogP contribution is -2.34. The highest BCUT2D eigenvalue weighted by atomic mass is 16.7. The Bertz CT molecular complexity index is 940. The number of carboxylic acid groups (broad SMARTS) is 1. The number of rotatable bonds is 6. The molecule has 7 heteroatoms. The number of benzene rings is 2. The summed E-state index contributed by atoms with van der Waals surface area (Å²) in [5.41, 5.74) is 1.94. The minimum atomic E-state index is -0.793. The second kappa shape index (κ2) is 8.40. The summed E-state index contributed by atoms with van der Waals surface area (Å²) in [6.07, 6.45) is 2.21. The maximum absolute atomic E-state index is 12.6. The third-order valence-corrected chi connectivity index (χ3v) is 6.63. The number of likely N-dealkylation sites (tertiary alicyclic amines) is 1. The van der Waals surface area contributed by atoms with Crippen LogP contribution >= 0.6 is 0 Å². The normalized spacial score (nSPS) is 27.5. The summed E-state index contributed by atoms with van der Waals surface area (Å²) in [6, 6.07) is 13.3. The molecule has 31 heavy (non-hydrogen) atoms. The minimum absolute atomic E-state index is 0.144. The first kappa shape index (κ1) is 20.2. The van der Waals surface area contributed by atoms with E-state index in [1.807, 2.05) is 42.5 Å². The smallest absolute Gasteiger partial charge is 0.309 e. The molecule has 0 bridgehead atoms. The fourth-order valence-corrected chi connectivity index (χ4v) is 5.15. The van der Waals surface area contributed by atoms with Crippen LogP contribution in [0, 0.1) is 5.92 Å². The molecule has 0 saturated carbocycles. The highest BCUT2D eigenvalue weighted by Gasteiger charge is 2.48. The van der Waals surface area contributed by atoms with E-state index in [0.717, 1.165) is 42.9 Å². The molecule has 3 aliphatic heterocycles. The van der Waals surface area contributed by atoms with E-state index in [0.29, 0.717) is 18.0 Å². The summed E-state index contributed by atoms with van der Waals surface area (Å²) in [5, 5.41) is 10.3. The Morgan fingerprint density at radius 1 is 1.13 bits per heavy atom. The summed E-state index contributed by atoms with van der Waals surface area (Å²) < 4.78 is 22.2. The first-order valence-electron chi connectivity index (χ1n) is 10.8. The van der Waals surface area contributed by atoms with Gasteiger partial charge in [0, 0.05) is 31.7 Å². The fourth-order valence-electron chi connectivity index (χ4n) is 5.15. The van der Waals surface area contributed by atoms with Crippen LogP contribution in [-0.2, 0) is 9.53 Å². The number of ether oxygens (including phenoxy) is 4. The van der Waals surface area contributed by atoms with Crippen molar-refractivity contribution in [2.45, 2.75) is 30.9 Å². The van der Waals surface area contributed by atoms with Crippen molar-refractivity contribution in [3.63, 3.8) is 0 Å². The molecule has 7 nitrogen and oxygen atoms in total. The molecule has 2 saturated heterocycles. The number of nitrogens with zero attached hydrogens (tertiary/aromatic N) is 1. The van der Waals surface area contributed by atoms with Gasteiger partial charge in [-0.05, 0) is 48.2 Å². The van der Waals surface area contributed by atoms with Crippen molar-refractivity contribution in [1.29, 1.82) is 0 Å². The van der Waals surface area contributed by atoms with E-state index in [1.165, 1.54) is 0 Å². The monoisotopic (exact) mass is 425 g/mol. The Kier molecular flexibility index (Phi) is 5.46. The number of hydrogen-bond donors (Lipinski definition) is 1. The van der Waals surface area contributed by atoms with E-state index in [2.05, 4.69) is 4.90 Å². The van der Waals surface area contributed by atoms with Crippen LogP contribution < -0.4 is 14.2 Å². The van der Waals surface area contributed by atoms with Crippen molar-refractivity contribution in [3.05, 3.63) is 53.6 Å². The Morgan fingerprint density at radius 3 is 2.61 bits per heavy atom. The van der Waals surface area contributed by atoms with E-state index < -0.39 is 11.9 Å². The zero-order valence-electron chi connectivity index (χ0n) is 17.5. The standard InChI is InChI=1S/C24H27NO6/c1-28-17-7-4-15(5-8-17)23-22(24(26)27)19(13-25(23)12-18-3-2-10-29-18)16-6-9-20-21(11-16)31-14-30-20/h4-9,11,18-19,22-23H,2-3,10,12-14H2,1H3,(H,26,27)/t18?,19?,22-,23+/m0/s1. The molecule has 0 amide bonds. The number of hydrogen-bond acceptors (Lipinski definition) is 6. The summed E-state index contributed by atoms with van der Waals surface area (Å²) >= 11 is 0. The first-order valence-corrected chi connectivity index (χ1v) is 10.8. The van der Waals surface area contributed by atoms with Crippen LogP contribution in [0.4, 0.5) is 0 Å². The van der Waals surface area contributed by atoms with Crippen molar-refractivity contribution in [2.75, 3.05) is 33.6 Å². The van der Waals surface area contributed by atoms with E-state index in [4.69, 9.17) is 18.9 Å². The molecule has 2 aromatic carbocycles. The molecule has 2 fully saturated rings. The number of aliphatic carboxylic acids is 1. The SMILES string of the molecule is COc1ccc([C@@H]2[C@@H](C(=O)O)C(c3ccc4c(c3)OCO4)CN2CC2CCCO2)cc1. The molecule has 4 atom stereocenters. The number of fused-ring (bicyclic) bond motifs is 1. The lowest BCUT2D eigenvalue weighted by atomic mass is 9.82. The van der Waals surface area contributed by atoms with Crippen LogP contribution in [0.3, 0.4) is 0 Å². The van der Waals surface area contributed by atoms with E-state index >= 15 is 0 Å². The predicted molar refractivity (Wildman–Crippen MR) is 113 cm³/mol. The fraction of sp³-hybridized carbons (Fsp3) is 0.458. The third-order valence-electron chi connectivity index (χ3n) is 6.63. The largest absolute Gasteiger partial charge is 0.497 e. The van der Waals surface area contributed by atoms with Gasteiger partial charge in [0.2, 0.25) is 6.79 Å². The molecule has 5 rings (SSSR count). The van der Waals surface area contributed by atoms with Crippen LogP contribution in [0.1, 0.15) is 35.9 Å². The van der Waals surface area contributed by atoms with Crippen LogP contribution in [0.25, 0.3) is 0 Å². The lowest BCUT2D eigenvalue weighted by Gasteiger charge is -2.29. The zero-order chi connectivity index (χ0) is 21.4. The molecule has 1 N–H and O–H groups in total. The quantitative estimate of drug-likeness (QED) is 0.760. The molecular formula is C24H27NO6. The molecule has 0 radical (unpaired) electrons. The Hall–Kier alpha value is -2.77. The number of methoxy groups -OCH3 is 1. The van der Waals surface area contributed by atoms with Gasteiger partial charge in [-0.25, -0.2) is 0 Å². The summed E-state index contributed by atoms with van der Waals surface area (Å²) in [7, 11) is 1.63. The van der Waals surface area contributed by atoms with Crippen molar-refractivity contribution in [1.82, 2.24) is 4.90 Å². The summed E-state index contributed by atoms with van der Waals surface area (Å²) in [4.78, 5) is 14.9. The van der Waals surface area contributed by atoms with Crippen molar-refractivity contribution in [3.8, 4) is 17.2 Å². The molecular weight excluding hydrogens is 398 g/mol. The van der Waals surface area contributed by atoms with Crippen LogP contribution in [0.15, 0.2) is 42.5 Å². The van der Waals surface area contributed by atoms with Crippen LogP contribution in [-0.4, -0.2) is 55.7 Å². The van der Waals surface area contributed by atoms with Gasteiger partial charge in [0.25, 0.3) is 0 Å². The van der Waals surface area contributed by atoms with Crippen molar-refractivity contribution < 1.29 is 28.8 Å². The average Bonchev–Trinajstić information content (AvgIpc) is 3.53. The van der Waals surface area contributed by atoms with Gasteiger partial charge in [-0.15, -0.1) is 0 Å². The maximum atomic E-state index is 12.6. The van der Waals surface area contributed by atoms with E-state index in [-0.39, 0.29) is 24.9 Å². The Morgan fingerprint density at radius 2 is 1.90 bits per heavy atom. The Labute approximate surface area is 181 Å². The first-order chi connectivity index (χ1) is 15.1. The van der Waals surface area contributed by atoms with Gasteiger partial charge in [-0.3, -0.25) is 9.69 Å². The number of carbonyl (C=O) groups is 1. The topological polar surface area (TPSA) is 77.5 Å². The maximum Gasteiger partial charge on any atom is 0.309 e. The zero-order valence-corrected chi connectivity index (χ0v) is 17.5. The molecule has 3 heterocycles. The molecule has 2 aromatic rings. The van der Waals surface area contributed by atoms with Gasteiger partial charge >= 0.3 is 5.97 Å². The van der Waals surface area contributed by atoms with Gasteiger partial charge in [0.05, 0.1) is 19.1 Å². The van der Waals surface area contributed by atoms with Gasteiger partial charge < -0.3 is 24.1 Å². The van der Waals surface area contributed by atoms with Crippen molar-refractivity contribution >= 4 is 5.97 Å². The lowest BCUT2D eigenvalue weighted by molar-refractivity contribution is -0.143. The second-order valence-corrected chi connectivity index (χ2v) is 8.39. The van der Waals surface area contributed by atoms with Crippen LogP contribution in [0.5, 0.6) is 17.2 Å². The highest BCUT2D eigenvalue weighted by molar-refractivity contribution is 5.74. The van der Waals surface area contributed by atoms with Crippen molar-refractivity contribution in [2.24, 2.45) is 5.92 Å². The molecule has 2 unspecified atom stereocenters. The summed E-state index contributed by atoms with van der Waals surface area (Å²) in [5.74, 6) is 0.595. The Balaban J connectivity index is 1.51. The number of carboxylic acids is 1. The molecule has 0 aliphatic carbocycles. The molecule has 0 spiro atoms. The summed E-state index contributed by atoms with van der Waals surface area (Å²) in [6.45, 7) is 2.35. The third kappa shape index (κ3) is 3.83. The highest BCUT2D eigenvalue weighted by Crippen LogP contribution is 2.48. The van der Waals surface area contributed by atoms with E-state index in [1.54, 1.807) is 7.11 Å². The molecule has 0 aromatic heterocycles. The average molecular weight is 425 g/mol. The predicted octanol–water partition coefficient (Wildman–Crippen LogP) is 3.44. The minimum Gasteiger partial charge on any atom is -0.497 e. The second-order valence-electron chi connectivity index (χ2n) is 8.39. The molecule has 3 aliphatic rings. The molecule has 164 valence electrons. The van der Waals surface area contributed by atoms with E-state index in [9.17, 15) is 9.90 Å². The van der Waals surface area contributed by atoms with Crippen LogP contribution in [0.2, 0.25) is 0 Å². The van der Waals surface area contributed by atoms with Gasteiger partial charge in [0.1, 0.15) is 5.75 Å².